The summed E-state index contributed by atoms with van der Waals surface area (Å²) in [7, 11) is 0. The van der Waals surface area contributed by atoms with Gasteiger partial charge in [0, 0.05) is 31.3 Å². The lowest BCUT2D eigenvalue weighted by Gasteiger charge is -2.29. The molecule has 0 bridgehead atoms. The van der Waals surface area contributed by atoms with Crippen LogP contribution in [0.15, 0.2) is 36.0 Å². The third-order valence-electron chi connectivity index (χ3n) is 6.12. The number of anilines is 1. The summed E-state index contributed by atoms with van der Waals surface area (Å²) in [4.78, 5) is 43.3. The molecule has 30 heavy (non-hydrogen) atoms. The lowest BCUT2D eigenvalue weighted by molar-refractivity contribution is -0.121. The fourth-order valence-corrected chi connectivity index (χ4v) is 4.44. The van der Waals surface area contributed by atoms with E-state index in [1.807, 2.05) is 4.90 Å². The number of benzene rings is 1. The van der Waals surface area contributed by atoms with Crippen molar-refractivity contribution in [3.05, 3.63) is 41.6 Å². The molecular weight excluding hydrogens is 380 g/mol. The molecule has 3 aliphatic heterocycles. The smallest absolute Gasteiger partial charge is 0.281 e. The van der Waals surface area contributed by atoms with Crippen molar-refractivity contribution in [3.63, 3.8) is 0 Å². The summed E-state index contributed by atoms with van der Waals surface area (Å²) >= 11 is 0. The van der Waals surface area contributed by atoms with Crippen molar-refractivity contribution in [2.45, 2.75) is 38.5 Å². The second-order valence-electron chi connectivity index (χ2n) is 8.26. The first kappa shape index (κ1) is 20.6. The summed E-state index contributed by atoms with van der Waals surface area (Å²) < 4.78 is 0. The molecule has 1 aromatic rings. The Morgan fingerprint density at radius 2 is 1.57 bits per heavy atom. The fourth-order valence-electron chi connectivity index (χ4n) is 4.44. The van der Waals surface area contributed by atoms with Gasteiger partial charge in [0.15, 0.2) is 0 Å². The minimum Gasteiger partial charge on any atom is -0.367 e. The number of nitrogens with one attached hydrogen (secondary N) is 1. The molecule has 2 saturated heterocycles. The van der Waals surface area contributed by atoms with Gasteiger partial charge in [0.1, 0.15) is 5.70 Å². The Morgan fingerprint density at radius 3 is 2.27 bits per heavy atom. The van der Waals surface area contributed by atoms with Crippen LogP contribution in [0.4, 0.5) is 5.69 Å². The molecule has 160 valence electrons. The van der Waals surface area contributed by atoms with E-state index in [2.05, 4.69) is 10.2 Å². The van der Waals surface area contributed by atoms with Crippen LogP contribution in [0.2, 0.25) is 0 Å². The molecule has 1 aromatic carbocycles. The first-order chi connectivity index (χ1) is 14.6. The van der Waals surface area contributed by atoms with Gasteiger partial charge in [-0.3, -0.25) is 14.4 Å². The largest absolute Gasteiger partial charge is 0.367 e. The molecule has 0 radical (unpaired) electrons. The molecule has 7 heteroatoms. The Morgan fingerprint density at radius 1 is 0.900 bits per heavy atom. The van der Waals surface area contributed by atoms with E-state index in [1.165, 1.54) is 23.8 Å². The van der Waals surface area contributed by atoms with Gasteiger partial charge in [-0.25, -0.2) is 4.90 Å². The average molecular weight is 411 g/mol. The Bertz CT molecular complexity index is 821. The molecule has 1 N–H and O–H groups in total. The van der Waals surface area contributed by atoms with E-state index in [-0.39, 0.29) is 17.7 Å². The highest BCUT2D eigenvalue weighted by Crippen LogP contribution is 2.26. The first-order valence-corrected chi connectivity index (χ1v) is 11.1. The quantitative estimate of drug-likeness (QED) is 0.551. The number of imide groups is 1. The van der Waals surface area contributed by atoms with Crippen LogP contribution in [0.5, 0.6) is 0 Å². The highest BCUT2D eigenvalue weighted by Gasteiger charge is 2.35. The van der Waals surface area contributed by atoms with Crippen molar-refractivity contribution >= 4 is 23.4 Å². The predicted molar refractivity (Wildman–Crippen MR) is 115 cm³/mol. The first-order valence-electron chi connectivity index (χ1n) is 11.1. The summed E-state index contributed by atoms with van der Waals surface area (Å²) in [6.07, 6.45) is 8.17. The van der Waals surface area contributed by atoms with Crippen LogP contribution in [0.3, 0.4) is 0 Å². The van der Waals surface area contributed by atoms with Crippen LogP contribution in [-0.2, 0) is 9.59 Å². The maximum absolute atomic E-state index is 12.8. The van der Waals surface area contributed by atoms with Crippen molar-refractivity contribution in [2.24, 2.45) is 0 Å². The Kier molecular flexibility index (Phi) is 6.47. The molecule has 3 heterocycles. The summed E-state index contributed by atoms with van der Waals surface area (Å²) in [6, 6.07) is 6.68. The van der Waals surface area contributed by atoms with Crippen LogP contribution in [0.1, 0.15) is 48.9 Å². The number of carbonyl (C=O) groups excluding carboxylic acids is 3. The van der Waals surface area contributed by atoms with E-state index in [4.69, 9.17) is 0 Å². The highest BCUT2D eigenvalue weighted by molar-refractivity contribution is 6.30. The van der Waals surface area contributed by atoms with Crippen LogP contribution >= 0.6 is 0 Å². The third-order valence-corrected chi connectivity index (χ3v) is 6.12. The number of likely N-dealkylation sites (tertiary alicyclic amines) is 2. The maximum Gasteiger partial charge on any atom is 0.281 e. The molecule has 2 fully saturated rings. The summed E-state index contributed by atoms with van der Waals surface area (Å²) in [5.74, 6) is -0.727. The van der Waals surface area contributed by atoms with Gasteiger partial charge in [0.25, 0.3) is 17.7 Å². The molecule has 0 atom stereocenters. The number of carbonyl (C=O) groups is 3. The highest BCUT2D eigenvalue weighted by atomic mass is 16.2. The Hall–Kier alpha value is -2.67. The number of rotatable bonds is 7. The molecule has 0 spiro atoms. The predicted octanol–water partition coefficient (Wildman–Crippen LogP) is 2.15. The number of hydrogen-bond donors (Lipinski definition) is 1. The van der Waals surface area contributed by atoms with Crippen LogP contribution in [0.25, 0.3) is 0 Å². The van der Waals surface area contributed by atoms with Gasteiger partial charge in [0.2, 0.25) is 0 Å². The standard InChI is InChI=1S/C23H30N4O3/c28-21-17-20(26-15-2-1-3-16-26)23(30)27(21)19-9-7-18(8-10-19)22(29)24-11-6-14-25-12-4-5-13-25/h7-10,17H,1-6,11-16H2,(H,24,29). The molecular formula is C23H30N4O3. The monoisotopic (exact) mass is 410 g/mol. The topological polar surface area (TPSA) is 73.0 Å². The zero-order valence-corrected chi connectivity index (χ0v) is 17.4. The molecule has 3 aliphatic rings. The molecule has 0 unspecified atom stereocenters. The lowest BCUT2D eigenvalue weighted by atomic mass is 10.1. The summed E-state index contributed by atoms with van der Waals surface area (Å²) in [5, 5.41) is 2.95. The molecule has 0 saturated carbocycles. The minimum atomic E-state index is -0.320. The van der Waals surface area contributed by atoms with E-state index in [9.17, 15) is 14.4 Å². The van der Waals surface area contributed by atoms with Crippen molar-refractivity contribution in [3.8, 4) is 0 Å². The van der Waals surface area contributed by atoms with Gasteiger partial charge in [-0.1, -0.05) is 0 Å². The Balaban J connectivity index is 1.31. The van der Waals surface area contributed by atoms with Crippen LogP contribution in [-0.4, -0.2) is 66.8 Å². The van der Waals surface area contributed by atoms with E-state index in [0.29, 0.717) is 23.5 Å². The zero-order valence-electron chi connectivity index (χ0n) is 17.4. The number of hydrogen-bond acceptors (Lipinski definition) is 5. The molecule has 0 aliphatic carbocycles. The number of piperidine rings is 1. The molecule has 0 aromatic heterocycles. The summed E-state index contributed by atoms with van der Waals surface area (Å²) in [6.45, 7) is 5.62. The van der Waals surface area contributed by atoms with Crippen LogP contribution in [0, 0.1) is 0 Å². The van der Waals surface area contributed by atoms with E-state index >= 15 is 0 Å². The second-order valence-corrected chi connectivity index (χ2v) is 8.26. The van der Waals surface area contributed by atoms with Crippen molar-refractivity contribution in [1.29, 1.82) is 0 Å². The van der Waals surface area contributed by atoms with Gasteiger partial charge >= 0.3 is 0 Å². The molecule has 7 nitrogen and oxygen atoms in total. The van der Waals surface area contributed by atoms with Gasteiger partial charge in [0.05, 0.1) is 5.69 Å². The Labute approximate surface area is 177 Å². The molecule has 4 rings (SSSR count). The number of amides is 3. The number of nitrogens with zero attached hydrogens (tertiary/aromatic N) is 3. The van der Waals surface area contributed by atoms with Crippen LogP contribution < -0.4 is 10.2 Å². The van der Waals surface area contributed by atoms with Gasteiger partial charge in [-0.15, -0.1) is 0 Å². The van der Waals surface area contributed by atoms with Crippen molar-refractivity contribution in [2.75, 3.05) is 44.2 Å². The summed E-state index contributed by atoms with van der Waals surface area (Å²) in [5.41, 5.74) is 1.52. The SMILES string of the molecule is O=C(NCCCN1CCCC1)c1ccc(N2C(=O)C=C(N3CCCCC3)C2=O)cc1. The maximum atomic E-state index is 12.8. The van der Waals surface area contributed by atoms with Gasteiger partial charge in [-0.05, 0) is 82.4 Å². The van der Waals surface area contributed by atoms with E-state index < -0.39 is 0 Å². The van der Waals surface area contributed by atoms with Crippen molar-refractivity contribution < 1.29 is 14.4 Å². The molecule has 3 amide bonds. The van der Waals surface area contributed by atoms with Gasteiger partial charge < -0.3 is 15.1 Å². The fraction of sp³-hybridized carbons (Fsp3) is 0.522. The van der Waals surface area contributed by atoms with Gasteiger partial charge in [-0.2, -0.15) is 0 Å². The normalized spacial score (nSPS) is 20.1. The average Bonchev–Trinajstić information content (AvgIpc) is 3.39. The van der Waals surface area contributed by atoms with E-state index in [1.54, 1.807) is 24.3 Å². The van der Waals surface area contributed by atoms with Crippen molar-refractivity contribution in [1.82, 2.24) is 15.1 Å². The second kappa shape index (κ2) is 9.43. The zero-order chi connectivity index (χ0) is 20.9. The lowest BCUT2D eigenvalue weighted by Crippen LogP contribution is -2.37. The third kappa shape index (κ3) is 4.56. The minimum absolute atomic E-state index is 0.130. The van der Waals surface area contributed by atoms with E-state index in [0.717, 1.165) is 58.4 Å².